The Hall–Kier alpha value is -3.40. The summed E-state index contributed by atoms with van der Waals surface area (Å²) in [4.78, 5) is 26.7. The molecule has 136 valence electrons. The van der Waals surface area contributed by atoms with Crippen molar-refractivity contribution in [2.24, 2.45) is 0 Å². The largest absolute Gasteiger partial charge is 0.352 e. The predicted octanol–water partition coefficient (Wildman–Crippen LogP) is 4.45. The van der Waals surface area contributed by atoms with Gasteiger partial charge in [-0.2, -0.15) is 0 Å². The van der Waals surface area contributed by atoms with Gasteiger partial charge in [-0.25, -0.2) is 0 Å². The average Bonchev–Trinajstić information content (AvgIpc) is 2.73. The minimum absolute atomic E-state index is 0.109. The summed E-state index contributed by atoms with van der Waals surface area (Å²) in [6.45, 7) is 0.467. The van der Waals surface area contributed by atoms with Crippen LogP contribution in [0.25, 0.3) is 0 Å². The summed E-state index contributed by atoms with van der Waals surface area (Å²) in [7, 11) is 0. The molecule has 0 spiro atoms. The first-order valence-corrected chi connectivity index (χ1v) is 8.98. The van der Waals surface area contributed by atoms with Crippen molar-refractivity contribution in [2.75, 3.05) is 4.90 Å². The number of para-hydroxylation sites is 2. The highest BCUT2D eigenvalue weighted by Gasteiger charge is 2.18. The predicted molar refractivity (Wildman–Crippen MR) is 108 cm³/mol. The van der Waals surface area contributed by atoms with Gasteiger partial charge in [-0.3, -0.25) is 14.5 Å². The maximum atomic E-state index is 12.9. The van der Waals surface area contributed by atoms with E-state index < -0.39 is 0 Å². The molecule has 2 amide bonds. The molecule has 3 rings (SSSR count). The molecular formula is C23H22N2O2. The van der Waals surface area contributed by atoms with E-state index in [1.54, 1.807) is 4.90 Å². The van der Waals surface area contributed by atoms with Crippen molar-refractivity contribution in [2.45, 2.75) is 19.4 Å². The maximum Gasteiger partial charge on any atom is 0.232 e. The molecule has 0 fully saturated rings. The third-order valence-corrected chi connectivity index (χ3v) is 4.18. The molecule has 0 heterocycles. The van der Waals surface area contributed by atoms with Gasteiger partial charge in [-0.15, -0.1) is 0 Å². The van der Waals surface area contributed by atoms with Crippen molar-refractivity contribution in [3.05, 3.63) is 96.6 Å². The van der Waals surface area contributed by atoms with Crippen molar-refractivity contribution in [3.8, 4) is 0 Å². The molecule has 0 aliphatic rings. The lowest BCUT2D eigenvalue weighted by molar-refractivity contribution is -0.125. The van der Waals surface area contributed by atoms with Gasteiger partial charge >= 0.3 is 0 Å². The quantitative estimate of drug-likeness (QED) is 0.678. The molecule has 0 bridgehead atoms. The monoisotopic (exact) mass is 358 g/mol. The van der Waals surface area contributed by atoms with Crippen LogP contribution in [0.15, 0.2) is 91.0 Å². The lowest BCUT2D eigenvalue weighted by Crippen LogP contribution is -2.29. The van der Waals surface area contributed by atoms with Crippen molar-refractivity contribution in [3.63, 3.8) is 0 Å². The lowest BCUT2D eigenvalue weighted by atomic mass is 10.2. The fourth-order valence-electron chi connectivity index (χ4n) is 2.81. The zero-order chi connectivity index (χ0) is 18.9. The van der Waals surface area contributed by atoms with Crippen LogP contribution in [-0.2, 0) is 16.1 Å². The number of anilines is 2. The number of benzene rings is 3. The third kappa shape index (κ3) is 5.28. The summed E-state index contributed by atoms with van der Waals surface area (Å²) >= 11 is 0. The number of carbonyl (C=O) groups excluding carboxylic acids is 2. The van der Waals surface area contributed by atoms with E-state index in [0.29, 0.717) is 6.54 Å². The highest BCUT2D eigenvalue weighted by Crippen LogP contribution is 2.26. The van der Waals surface area contributed by atoms with Crippen molar-refractivity contribution >= 4 is 23.2 Å². The van der Waals surface area contributed by atoms with Crippen LogP contribution in [0.1, 0.15) is 18.4 Å². The van der Waals surface area contributed by atoms with Crippen LogP contribution in [0, 0.1) is 0 Å². The molecule has 0 atom stereocenters. The minimum Gasteiger partial charge on any atom is -0.352 e. The fourth-order valence-corrected chi connectivity index (χ4v) is 2.81. The molecule has 0 saturated carbocycles. The zero-order valence-corrected chi connectivity index (χ0v) is 15.0. The molecule has 4 heteroatoms. The average molecular weight is 358 g/mol. The summed E-state index contributed by atoms with van der Waals surface area (Å²) < 4.78 is 0. The molecular weight excluding hydrogens is 336 g/mol. The number of rotatable bonds is 7. The van der Waals surface area contributed by atoms with Gasteiger partial charge in [0.2, 0.25) is 11.8 Å². The van der Waals surface area contributed by atoms with Gasteiger partial charge in [0, 0.05) is 30.8 Å². The first kappa shape index (κ1) is 18.4. The lowest BCUT2D eigenvalue weighted by Gasteiger charge is -2.23. The van der Waals surface area contributed by atoms with Crippen LogP contribution in [-0.4, -0.2) is 11.8 Å². The van der Waals surface area contributed by atoms with E-state index in [1.165, 1.54) is 0 Å². The van der Waals surface area contributed by atoms with Gasteiger partial charge in [0.25, 0.3) is 0 Å². The standard InChI is InChI=1S/C23H22N2O2/c26-22(24-18-19-10-4-1-5-11-19)16-17-23(27)25(20-12-6-2-7-13-20)21-14-8-3-9-15-21/h1-15H,16-18H2,(H,24,26). The Balaban J connectivity index is 1.62. The second-order valence-electron chi connectivity index (χ2n) is 6.16. The van der Waals surface area contributed by atoms with Crippen LogP contribution < -0.4 is 10.2 Å². The number of nitrogens with zero attached hydrogens (tertiary/aromatic N) is 1. The van der Waals surface area contributed by atoms with Crippen molar-refractivity contribution < 1.29 is 9.59 Å². The highest BCUT2D eigenvalue weighted by atomic mass is 16.2. The Bertz CT molecular complexity index is 825. The van der Waals surface area contributed by atoms with Gasteiger partial charge in [0.05, 0.1) is 0 Å². The van der Waals surface area contributed by atoms with Gasteiger partial charge in [-0.05, 0) is 29.8 Å². The second kappa shape index (κ2) is 9.34. The number of amides is 2. The Morgan fingerprint density at radius 1 is 0.667 bits per heavy atom. The number of carbonyl (C=O) groups is 2. The molecule has 0 aliphatic carbocycles. The smallest absolute Gasteiger partial charge is 0.232 e. The number of hydrogen-bond acceptors (Lipinski definition) is 2. The van der Waals surface area contributed by atoms with Crippen LogP contribution >= 0.6 is 0 Å². The van der Waals surface area contributed by atoms with Crippen molar-refractivity contribution in [1.29, 1.82) is 0 Å². The Morgan fingerprint density at radius 3 is 1.67 bits per heavy atom. The molecule has 3 aromatic carbocycles. The summed E-state index contributed by atoms with van der Waals surface area (Å²) in [6.07, 6.45) is 0.298. The van der Waals surface area contributed by atoms with Crippen molar-refractivity contribution in [1.82, 2.24) is 5.32 Å². The van der Waals surface area contributed by atoms with Crippen LogP contribution in [0.2, 0.25) is 0 Å². The molecule has 27 heavy (non-hydrogen) atoms. The SMILES string of the molecule is O=C(CCC(=O)N(c1ccccc1)c1ccccc1)NCc1ccccc1. The first-order chi connectivity index (χ1) is 13.2. The van der Waals surface area contributed by atoms with Gasteiger partial charge in [0.15, 0.2) is 0 Å². The zero-order valence-electron chi connectivity index (χ0n) is 15.0. The molecule has 1 N–H and O–H groups in total. The molecule has 0 saturated heterocycles. The summed E-state index contributed by atoms with van der Waals surface area (Å²) in [6, 6.07) is 28.7. The second-order valence-corrected chi connectivity index (χ2v) is 6.16. The Morgan fingerprint density at radius 2 is 1.15 bits per heavy atom. The third-order valence-electron chi connectivity index (χ3n) is 4.18. The molecule has 0 unspecified atom stereocenters. The molecule has 0 radical (unpaired) electrons. The molecule has 0 aromatic heterocycles. The highest BCUT2D eigenvalue weighted by molar-refractivity contribution is 6.01. The van der Waals surface area contributed by atoms with E-state index >= 15 is 0 Å². The summed E-state index contributed by atoms with van der Waals surface area (Å²) in [5, 5.41) is 2.86. The summed E-state index contributed by atoms with van der Waals surface area (Å²) in [5.74, 6) is -0.240. The van der Waals surface area contributed by atoms with Crippen LogP contribution in [0.3, 0.4) is 0 Å². The first-order valence-electron chi connectivity index (χ1n) is 8.98. The van der Waals surface area contributed by atoms with Gasteiger partial charge < -0.3 is 5.32 Å². The van der Waals surface area contributed by atoms with E-state index in [2.05, 4.69) is 5.32 Å². The van der Waals surface area contributed by atoms with E-state index in [-0.39, 0.29) is 24.7 Å². The van der Waals surface area contributed by atoms with E-state index in [9.17, 15) is 9.59 Å². The Kier molecular flexibility index (Phi) is 6.36. The maximum absolute atomic E-state index is 12.9. The van der Waals surface area contributed by atoms with Gasteiger partial charge in [0.1, 0.15) is 0 Å². The fraction of sp³-hybridized carbons (Fsp3) is 0.130. The molecule has 4 nitrogen and oxygen atoms in total. The van der Waals surface area contributed by atoms with E-state index in [4.69, 9.17) is 0 Å². The van der Waals surface area contributed by atoms with E-state index in [1.807, 2.05) is 91.0 Å². The van der Waals surface area contributed by atoms with Crippen LogP contribution in [0.4, 0.5) is 11.4 Å². The Labute approximate surface area is 159 Å². The van der Waals surface area contributed by atoms with Gasteiger partial charge in [-0.1, -0.05) is 66.7 Å². The minimum atomic E-state index is -0.131. The summed E-state index contributed by atoms with van der Waals surface area (Å²) in [5.41, 5.74) is 2.61. The molecule has 3 aromatic rings. The van der Waals surface area contributed by atoms with E-state index in [0.717, 1.165) is 16.9 Å². The molecule has 0 aliphatic heterocycles. The number of hydrogen-bond donors (Lipinski definition) is 1. The normalized spacial score (nSPS) is 10.2. The topological polar surface area (TPSA) is 49.4 Å². The number of nitrogens with one attached hydrogen (secondary N) is 1. The van der Waals surface area contributed by atoms with Crippen LogP contribution in [0.5, 0.6) is 0 Å².